The third-order valence-electron chi connectivity index (χ3n) is 2.55. The average molecular weight is 316 g/mol. The molecular weight excluding hydrogens is 298 g/mol. The van der Waals surface area contributed by atoms with Crippen LogP contribution in [0.4, 0.5) is 0 Å². The summed E-state index contributed by atoms with van der Waals surface area (Å²) in [5, 5.41) is 10.3. The van der Waals surface area contributed by atoms with Gasteiger partial charge in [0.15, 0.2) is 0 Å². The monoisotopic (exact) mass is 315 g/mol. The van der Waals surface area contributed by atoms with Crippen LogP contribution in [0.5, 0.6) is 0 Å². The topological polar surface area (TPSA) is 49.8 Å². The van der Waals surface area contributed by atoms with Gasteiger partial charge in [-0.15, -0.1) is 0 Å². The van der Waals surface area contributed by atoms with Crippen LogP contribution < -0.4 is 0 Å². The van der Waals surface area contributed by atoms with Crippen LogP contribution >= 0.6 is 15.9 Å². The number of benzene rings is 1. The molecule has 1 aromatic rings. The molecule has 0 bridgehead atoms. The molecule has 0 spiro atoms. The van der Waals surface area contributed by atoms with Crippen molar-refractivity contribution in [2.45, 2.75) is 11.4 Å². The summed E-state index contributed by atoms with van der Waals surface area (Å²) in [6, 6.07) is 7.39. The largest absolute Gasteiger partial charge is 0.389 e. The number of aliphatic hydroxyl groups excluding tert-OH is 1. The van der Waals surface area contributed by atoms with E-state index in [2.05, 4.69) is 15.9 Å². The molecule has 1 aromatic carbocycles. The first-order chi connectivity index (χ1) is 8.58. The summed E-state index contributed by atoms with van der Waals surface area (Å²) in [5.41, 5.74) is 1.74. The molecule has 0 saturated carbocycles. The Hall–Kier alpha value is -0.910. The molecule has 0 aromatic heterocycles. The van der Waals surface area contributed by atoms with E-state index in [1.54, 1.807) is 19.2 Å². The van der Waals surface area contributed by atoms with Crippen molar-refractivity contribution in [3.05, 3.63) is 35.4 Å². The molecule has 100 valence electrons. The van der Waals surface area contributed by atoms with Crippen molar-refractivity contribution in [1.29, 1.82) is 0 Å². The fourth-order valence-corrected chi connectivity index (χ4v) is 1.97. The van der Waals surface area contributed by atoms with Crippen molar-refractivity contribution in [2.75, 3.05) is 27.3 Å². The fourth-order valence-electron chi connectivity index (χ4n) is 1.60. The first-order valence-corrected chi connectivity index (χ1v) is 6.78. The van der Waals surface area contributed by atoms with Gasteiger partial charge in [-0.25, -0.2) is 0 Å². The SMILES string of the molecule is COCC(O)CN(C)C(=O)c1ccc(CBr)cc1. The Labute approximate surface area is 116 Å². The predicted molar refractivity (Wildman–Crippen MR) is 73.9 cm³/mol. The molecule has 1 rings (SSSR count). The van der Waals surface area contributed by atoms with Crippen LogP contribution in [0.25, 0.3) is 0 Å². The van der Waals surface area contributed by atoms with E-state index in [0.29, 0.717) is 5.56 Å². The first-order valence-electron chi connectivity index (χ1n) is 5.65. The molecule has 4 nitrogen and oxygen atoms in total. The van der Waals surface area contributed by atoms with E-state index in [1.807, 2.05) is 12.1 Å². The number of alkyl halides is 1. The van der Waals surface area contributed by atoms with Gasteiger partial charge in [0.05, 0.1) is 12.7 Å². The number of methoxy groups -OCH3 is 1. The summed E-state index contributed by atoms with van der Waals surface area (Å²) < 4.78 is 4.83. The molecule has 1 atom stereocenters. The van der Waals surface area contributed by atoms with E-state index >= 15 is 0 Å². The zero-order chi connectivity index (χ0) is 13.5. The van der Waals surface area contributed by atoms with Crippen molar-refractivity contribution in [2.24, 2.45) is 0 Å². The molecule has 1 amide bonds. The van der Waals surface area contributed by atoms with Crippen LogP contribution in [0.15, 0.2) is 24.3 Å². The van der Waals surface area contributed by atoms with Crippen molar-refractivity contribution in [3.63, 3.8) is 0 Å². The maximum atomic E-state index is 12.0. The Morgan fingerprint density at radius 3 is 2.56 bits per heavy atom. The van der Waals surface area contributed by atoms with Gasteiger partial charge in [0, 0.05) is 31.6 Å². The summed E-state index contributed by atoms with van der Waals surface area (Å²) >= 11 is 3.36. The van der Waals surface area contributed by atoms with Crippen molar-refractivity contribution < 1.29 is 14.6 Å². The number of ether oxygens (including phenoxy) is 1. The van der Waals surface area contributed by atoms with Crippen molar-refractivity contribution in [3.8, 4) is 0 Å². The highest BCUT2D eigenvalue weighted by molar-refractivity contribution is 9.08. The van der Waals surface area contributed by atoms with E-state index in [1.165, 1.54) is 12.0 Å². The standard InChI is InChI=1S/C13H18BrNO3/c1-15(8-12(16)9-18-2)13(17)11-5-3-10(7-14)4-6-11/h3-6,12,16H,7-9H2,1-2H3. The number of likely N-dealkylation sites (N-methyl/N-ethyl adjacent to an activating group) is 1. The van der Waals surface area contributed by atoms with Crippen LogP contribution in [0.3, 0.4) is 0 Å². The molecule has 0 heterocycles. The lowest BCUT2D eigenvalue weighted by Gasteiger charge is -2.20. The maximum Gasteiger partial charge on any atom is 0.253 e. The minimum absolute atomic E-state index is 0.105. The van der Waals surface area contributed by atoms with Gasteiger partial charge in [0.2, 0.25) is 0 Å². The highest BCUT2D eigenvalue weighted by Gasteiger charge is 2.15. The van der Waals surface area contributed by atoms with Crippen molar-refractivity contribution in [1.82, 2.24) is 4.90 Å². The van der Waals surface area contributed by atoms with Gasteiger partial charge >= 0.3 is 0 Å². The highest BCUT2D eigenvalue weighted by atomic mass is 79.9. The second kappa shape index (κ2) is 7.51. The Morgan fingerprint density at radius 1 is 1.44 bits per heavy atom. The van der Waals surface area contributed by atoms with E-state index in [9.17, 15) is 9.90 Å². The number of hydrogen-bond acceptors (Lipinski definition) is 3. The minimum Gasteiger partial charge on any atom is -0.389 e. The zero-order valence-corrected chi connectivity index (χ0v) is 12.2. The Kier molecular flexibility index (Phi) is 6.32. The Morgan fingerprint density at radius 2 is 2.06 bits per heavy atom. The summed E-state index contributed by atoms with van der Waals surface area (Å²) in [6.07, 6.45) is -0.661. The first kappa shape index (κ1) is 15.1. The zero-order valence-electron chi connectivity index (χ0n) is 10.6. The van der Waals surface area contributed by atoms with Gasteiger partial charge in [0.1, 0.15) is 0 Å². The third kappa shape index (κ3) is 4.40. The third-order valence-corrected chi connectivity index (χ3v) is 3.19. The molecule has 0 aliphatic rings. The van der Waals surface area contributed by atoms with Gasteiger partial charge in [-0.3, -0.25) is 4.79 Å². The number of halogens is 1. The van der Waals surface area contributed by atoms with Gasteiger partial charge in [-0.2, -0.15) is 0 Å². The lowest BCUT2D eigenvalue weighted by Crippen LogP contribution is -2.36. The van der Waals surface area contributed by atoms with E-state index in [4.69, 9.17) is 4.74 Å². The number of nitrogens with zero attached hydrogens (tertiary/aromatic N) is 1. The molecular formula is C13H18BrNO3. The van der Waals surface area contributed by atoms with Crippen LogP contribution in [-0.2, 0) is 10.1 Å². The quantitative estimate of drug-likeness (QED) is 0.812. The maximum absolute atomic E-state index is 12.0. The van der Waals surface area contributed by atoms with Gasteiger partial charge in [-0.1, -0.05) is 28.1 Å². The summed E-state index contributed by atoms with van der Waals surface area (Å²) in [4.78, 5) is 13.5. The Balaban J connectivity index is 2.62. The van der Waals surface area contributed by atoms with E-state index in [0.717, 1.165) is 10.9 Å². The summed E-state index contributed by atoms with van der Waals surface area (Å²) in [7, 11) is 3.18. The Bertz CT molecular complexity index is 380. The second-order valence-corrected chi connectivity index (χ2v) is 4.69. The number of amides is 1. The summed E-state index contributed by atoms with van der Waals surface area (Å²) in [5.74, 6) is -0.105. The van der Waals surface area contributed by atoms with Crippen LogP contribution in [0.2, 0.25) is 0 Å². The molecule has 1 unspecified atom stereocenters. The second-order valence-electron chi connectivity index (χ2n) is 4.13. The highest BCUT2D eigenvalue weighted by Crippen LogP contribution is 2.10. The van der Waals surface area contributed by atoms with Gasteiger partial charge in [0.25, 0.3) is 5.91 Å². The lowest BCUT2D eigenvalue weighted by molar-refractivity contribution is 0.0380. The molecule has 0 fully saturated rings. The molecule has 0 radical (unpaired) electrons. The number of carbonyl (C=O) groups excluding carboxylic acids is 1. The average Bonchev–Trinajstić information content (AvgIpc) is 2.38. The normalized spacial score (nSPS) is 12.2. The van der Waals surface area contributed by atoms with E-state index < -0.39 is 6.10 Å². The number of aliphatic hydroxyl groups is 1. The molecule has 5 heteroatoms. The number of rotatable bonds is 6. The van der Waals surface area contributed by atoms with Gasteiger partial charge < -0.3 is 14.7 Å². The fraction of sp³-hybridized carbons (Fsp3) is 0.462. The molecule has 0 saturated heterocycles. The van der Waals surface area contributed by atoms with Crippen LogP contribution in [0, 0.1) is 0 Å². The van der Waals surface area contributed by atoms with Crippen LogP contribution in [-0.4, -0.2) is 49.3 Å². The molecule has 1 N–H and O–H groups in total. The number of carbonyl (C=O) groups is 1. The smallest absolute Gasteiger partial charge is 0.253 e. The molecule has 18 heavy (non-hydrogen) atoms. The van der Waals surface area contributed by atoms with Gasteiger partial charge in [-0.05, 0) is 17.7 Å². The predicted octanol–water partition coefficient (Wildman–Crippen LogP) is 1.66. The minimum atomic E-state index is -0.661. The lowest BCUT2D eigenvalue weighted by atomic mass is 10.1. The molecule has 0 aliphatic carbocycles. The van der Waals surface area contributed by atoms with Crippen molar-refractivity contribution >= 4 is 21.8 Å². The van der Waals surface area contributed by atoms with Crippen LogP contribution in [0.1, 0.15) is 15.9 Å². The molecule has 0 aliphatic heterocycles. The number of hydrogen-bond donors (Lipinski definition) is 1. The summed E-state index contributed by atoms with van der Waals surface area (Å²) in [6.45, 7) is 0.479. The van der Waals surface area contributed by atoms with E-state index in [-0.39, 0.29) is 19.1 Å².